The van der Waals surface area contributed by atoms with Gasteiger partial charge in [-0.2, -0.15) is 4.98 Å². The Kier molecular flexibility index (Phi) is 5.70. The summed E-state index contributed by atoms with van der Waals surface area (Å²) in [5, 5.41) is 13.0. The highest BCUT2D eigenvalue weighted by atomic mass is 16.5. The lowest BCUT2D eigenvalue weighted by Crippen LogP contribution is -2.27. The zero-order chi connectivity index (χ0) is 14.2. The van der Waals surface area contributed by atoms with Crippen LogP contribution in [0.1, 0.15) is 30.6 Å². The van der Waals surface area contributed by atoms with Crippen molar-refractivity contribution in [3.05, 3.63) is 47.6 Å². The van der Waals surface area contributed by atoms with Gasteiger partial charge in [-0.25, -0.2) is 0 Å². The van der Waals surface area contributed by atoms with Crippen LogP contribution in [0.25, 0.3) is 0 Å². The van der Waals surface area contributed by atoms with E-state index in [1.54, 1.807) is 0 Å². The van der Waals surface area contributed by atoms with E-state index in [1.807, 2.05) is 30.3 Å². The molecule has 0 saturated heterocycles. The average Bonchev–Trinajstić information content (AvgIpc) is 2.88. The number of aliphatic hydroxyl groups excluding tert-OH is 1. The van der Waals surface area contributed by atoms with Gasteiger partial charge in [0.05, 0.1) is 13.2 Å². The molecule has 5 heteroatoms. The number of rotatable bonds is 8. The zero-order valence-electron chi connectivity index (χ0n) is 11.8. The van der Waals surface area contributed by atoms with Crippen LogP contribution in [0.5, 0.6) is 0 Å². The van der Waals surface area contributed by atoms with Crippen molar-refractivity contribution in [1.29, 1.82) is 0 Å². The first kappa shape index (κ1) is 14.7. The third-order valence-corrected chi connectivity index (χ3v) is 3.03. The van der Waals surface area contributed by atoms with Gasteiger partial charge in [0.2, 0.25) is 5.89 Å². The van der Waals surface area contributed by atoms with Gasteiger partial charge in [-0.3, -0.25) is 4.90 Å². The van der Waals surface area contributed by atoms with Crippen LogP contribution in [0.2, 0.25) is 0 Å². The first-order valence-corrected chi connectivity index (χ1v) is 7.00. The van der Waals surface area contributed by atoms with Crippen molar-refractivity contribution in [3.63, 3.8) is 0 Å². The molecule has 0 aliphatic heterocycles. The number of benzene rings is 1. The Balaban J connectivity index is 1.94. The van der Waals surface area contributed by atoms with Crippen molar-refractivity contribution >= 4 is 0 Å². The Hall–Kier alpha value is -1.72. The number of aliphatic hydroxyl groups is 1. The van der Waals surface area contributed by atoms with Gasteiger partial charge in [0.25, 0.3) is 0 Å². The quantitative estimate of drug-likeness (QED) is 0.797. The molecule has 2 aromatic rings. The molecule has 0 aliphatic rings. The summed E-state index contributed by atoms with van der Waals surface area (Å²) >= 11 is 0. The number of nitrogens with zero attached hydrogens (tertiary/aromatic N) is 3. The summed E-state index contributed by atoms with van der Waals surface area (Å²) in [6.07, 6.45) is 1.71. The molecule has 0 saturated carbocycles. The van der Waals surface area contributed by atoms with Gasteiger partial charge < -0.3 is 9.63 Å². The van der Waals surface area contributed by atoms with Crippen LogP contribution in [0.4, 0.5) is 0 Å². The molecule has 1 heterocycles. The lowest BCUT2D eigenvalue weighted by molar-refractivity contribution is 0.174. The van der Waals surface area contributed by atoms with E-state index >= 15 is 0 Å². The molecule has 0 radical (unpaired) electrons. The largest absolute Gasteiger partial charge is 0.395 e. The maximum atomic E-state index is 9.03. The molecule has 0 bridgehead atoms. The summed E-state index contributed by atoms with van der Waals surface area (Å²) in [6, 6.07) is 10.1. The second-order valence-corrected chi connectivity index (χ2v) is 4.77. The predicted octanol–water partition coefficient (Wildman–Crippen LogP) is 1.86. The molecule has 1 aromatic heterocycles. The van der Waals surface area contributed by atoms with Crippen LogP contribution < -0.4 is 0 Å². The van der Waals surface area contributed by atoms with Gasteiger partial charge >= 0.3 is 0 Å². The minimum Gasteiger partial charge on any atom is -0.395 e. The minimum absolute atomic E-state index is 0.144. The Labute approximate surface area is 119 Å². The minimum atomic E-state index is 0.144. The molecule has 1 aromatic carbocycles. The van der Waals surface area contributed by atoms with Gasteiger partial charge in [0.15, 0.2) is 5.82 Å². The van der Waals surface area contributed by atoms with Gasteiger partial charge in [0, 0.05) is 13.0 Å². The Morgan fingerprint density at radius 1 is 1.20 bits per heavy atom. The summed E-state index contributed by atoms with van der Waals surface area (Å²) in [7, 11) is 0. The number of aromatic nitrogens is 2. The molecule has 1 N–H and O–H groups in total. The van der Waals surface area contributed by atoms with E-state index in [4.69, 9.17) is 9.63 Å². The van der Waals surface area contributed by atoms with Crippen molar-refractivity contribution in [2.75, 3.05) is 19.7 Å². The highest BCUT2D eigenvalue weighted by molar-refractivity contribution is 5.18. The van der Waals surface area contributed by atoms with E-state index in [9.17, 15) is 0 Å². The van der Waals surface area contributed by atoms with E-state index in [1.165, 1.54) is 5.56 Å². The molecule has 0 aliphatic carbocycles. The predicted molar refractivity (Wildman–Crippen MR) is 76.2 cm³/mol. The Morgan fingerprint density at radius 2 is 2.00 bits per heavy atom. The second kappa shape index (κ2) is 7.77. The van der Waals surface area contributed by atoms with Crippen molar-refractivity contribution in [1.82, 2.24) is 15.0 Å². The van der Waals surface area contributed by atoms with E-state index in [2.05, 4.69) is 22.0 Å². The summed E-state index contributed by atoms with van der Waals surface area (Å²) in [6.45, 7) is 4.39. The molecule has 108 valence electrons. The third-order valence-electron chi connectivity index (χ3n) is 3.03. The van der Waals surface area contributed by atoms with Crippen LogP contribution in [-0.2, 0) is 13.0 Å². The Bertz CT molecular complexity index is 493. The molecule has 0 unspecified atom stereocenters. The SMILES string of the molecule is CCCN(CCO)Cc1nc(Cc2ccccc2)no1. The van der Waals surface area contributed by atoms with Gasteiger partial charge in [0.1, 0.15) is 0 Å². The molecule has 0 spiro atoms. The first-order chi connectivity index (χ1) is 9.81. The zero-order valence-corrected chi connectivity index (χ0v) is 11.8. The number of hydrogen-bond donors (Lipinski definition) is 1. The second-order valence-electron chi connectivity index (χ2n) is 4.77. The van der Waals surface area contributed by atoms with Crippen molar-refractivity contribution in [2.45, 2.75) is 26.3 Å². The van der Waals surface area contributed by atoms with E-state index < -0.39 is 0 Å². The average molecular weight is 275 g/mol. The third kappa shape index (κ3) is 4.43. The van der Waals surface area contributed by atoms with E-state index in [-0.39, 0.29) is 6.61 Å². The summed E-state index contributed by atoms with van der Waals surface area (Å²) in [4.78, 5) is 6.52. The van der Waals surface area contributed by atoms with E-state index in [0.29, 0.717) is 31.2 Å². The molecule has 0 amide bonds. The summed E-state index contributed by atoms with van der Waals surface area (Å²) in [5.74, 6) is 1.31. The fourth-order valence-electron chi connectivity index (χ4n) is 2.12. The van der Waals surface area contributed by atoms with Crippen molar-refractivity contribution in [2.24, 2.45) is 0 Å². The van der Waals surface area contributed by atoms with E-state index in [0.717, 1.165) is 13.0 Å². The van der Waals surface area contributed by atoms with Crippen molar-refractivity contribution < 1.29 is 9.63 Å². The van der Waals surface area contributed by atoms with Crippen LogP contribution in [-0.4, -0.2) is 39.8 Å². The van der Waals surface area contributed by atoms with Crippen LogP contribution in [0.15, 0.2) is 34.9 Å². The fraction of sp³-hybridized carbons (Fsp3) is 0.467. The lowest BCUT2D eigenvalue weighted by Gasteiger charge is -2.17. The smallest absolute Gasteiger partial charge is 0.240 e. The highest BCUT2D eigenvalue weighted by Crippen LogP contribution is 2.08. The number of hydrogen-bond acceptors (Lipinski definition) is 5. The maximum absolute atomic E-state index is 9.03. The molecular formula is C15H21N3O2. The molecule has 5 nitrogen and oxygen atoms in total. The molecular weight excluding hydrogens is 254 g/mol. The summed E-state index contributed by atoms with van der Waals surface area (Å²) < 4.78 is 5.28. The van der Waals surface area contributed by atoms with Gasteiger partial charge in [-0.1, -0.05) is 42.4 Å². The topological polar surface area (TPSA) is 62.4 Å². The first-order valence-electron chi connectivity index (χ1n) is 7.00. The molecule has 0 fully saturated rings. The van der Waals surface area contributed by atoms with Gasteiger partial charge in [-0.15, -0.1) is 0 Å². The van der Waals surface area contributed by atoms with Crippen LogP contribution >= 0.6 is 0 Å². The van der Waals surface area contributed by atoms with Crippen LogP contribution in [0, 0.1) is 0 Å². The molecule has 0 atom stereocenters. The normalized spacial score (nSPS) is 11.2. The van der Waals surface area contributed by atoms with Crippen LogP contribution in [0.3, 0.4) is 0 Å². The van der Waals surface area contributed by atoms with Gasteiger partial charge in [-0.05, 0) is 18.5 Å². The highest BCUT2D eigenvalue weighted by Gasteiger charge is 2.11. The maximum Gasteiger partial charge on any atom is 0.240 e. The van der Waals surface area contributed by atoms with Crippen molar-refractivity contribution in [3.8, 4) is 0 Å². The molecule has 20 heavy (non-hydrogen) atoms. The lowest BCUT2D eigenvalue weighted by atomic mass is 10.1. The summed E-state index contributed by atoms with van der Waals surface area (Å²) in [5.41, 5.74) is 1.17. The molecule has 2 rings (SSSR count). The fourth-order valence-corrected chi connectivity index (χ4v) is 2.12. The monoisotopic (exact) mass is 275 g/mol. The standard InChI is InChI=1S/C15H21N3O2/c1-2-8-18(9-10-19)12-15-16-14(17-20-15)11-13-6-4-3-5-7-13/h3-7,19H,2,8-12H2,1H3. The Morgan fingerprint density at radius 3 is 2.70 bits per heavy atom.